The van der Waals surface area contributed by atoms with E-state index in [2.05, 4.69) is 10.1 Å². The number of carbonyl (C=O) groups is 1. The highest BCUT2D eigenvalue weighted by Gasteiger charge is 2.28. The van der Waals surface area contributed by atoms with Crippen LogP contribution in [-0.2, 0) is 11.3 Å². The molecule has 1 aliphatic heterocycles. The summed E-state index contributed by atoms with van der Waals surface area (Å²) < 4.78 is 29.9. The lowest BCUT2D eigenvalue weighted by Gasteiger charge is -2.28. The number of rotatable bonds is 7. The first-order chi connectivity index (χ1) is 14.7. The van der Waals surface area contributed by atoms with Crippen molar-refractivity contribution in [2.24, 2.45) is 0 Å². The summed E-state index contributed by atoms with van der Waals surface area (Å²) in [6.45, 7) is 5.40. The van der Waals surface area contributed by atoms with Gasteiger partial charge in [-0.25, -0.2) is 4.39 Å². The number of anilines is 1. The molecule has 30 heavy (non-hydrogen) atoms. The Balaban J connectivity index is 1.71. The molecule has 1 aromatic carbocycles. The maximum Gasteiger partial charge on any atom is 0.289 e. The zero-order chi connectivity index (χ0) is 20.9. The Hall–Kier alpha value is -3.13. The highest BCUT2D eigenvalue weighted by atomic mass is 19.1. The third kappa shape index (κ3) is 4.23. The van der Waals surface area contributed by atoms with Crippen LogP contribution in [0.3, 0.4) is 0 Å². The molecule has 0 saturated carbocycles. The van der Waals surface area contributed by atoms with Crippen LogP contribution in [0.4, 0.5) is 10.3 Å². The van der Waals surface area contributed by atoms with E-state index in [-0.39, 0.29) is 17.5 Å². The van der Waals surface area contributed by atoms with Crippen LogP contribution in [-0.4, -0.2) is 48.8 Å². The van der Waals surface area contributed by atoms with E-state index in [0.29, 0.717) is 51.0 Å². The third-order valence-corrected chi connectivity index (χ3v) is 5.05. The lowest BCUT2D eigenvalue weighted by Crippen LogP contribution is -2.37. The molecule has 0 atom stereocenters. The molecule has 1 amide bonds. The van der Waals surface area contributed by atoms with E-state index in [1.54, 1.807) is 29.2 Å². The van der Waals surface area contributed by atoms with Gasteiger partial charge in [0.1, 0.15) is 11.5 Å². The summed E-state index contributed by atoms with van der Waals surface area (Å²) >= 11 is 0. The summed E-state index contributed by atoms with van der Waals surface area (Å²) in [4.78, 5) is 16.8. The van der Waals surface area contributed by atoms with E-state index in [9.17, 15) is 9.18 Å². The number of aromatic nitrogens is 1. The topological polar surface area (TPSA) is 72.0 Å². The number of carbonyl (C=O) groups excluding carboxylic acids is 1. The van der Waals surface area contributed by atoms with Crippen LogP contribution < -0.4 is 4.90 Å². The van der Waals surface area contributed by atoms with Gasteiger partial charge in [-0.3, -0.25) is 4.79 Å². The summed E-state index contributed by atoms with van der Waals surface area (Å²) in [7, 11) is 0. The van der Waals surface area contributed by atoms with Gasteiger partial charge in [0.05, 0.1) is 31.6 Å². The second-order valence-corrected chi connectivity index (χ2v) is 7.13. The SMILES string of the molecule is CCCN(Cc1c(-c2ccc(F)cc2)noc1N1CCOCC1)C(=O)c1ccco1. The molecular weight excluding hydrogens is 389 g/mol. The maximum atomic E-state index is 13.4. The largest absolute Gasteiger partial charge is 0.459 e. The molecule has 3 heterocycles. The van der Waals surface area contributed by atoms with E-state index in [0.717, 1.165) is 17.5 Å². The summed E-state index contributed by atoms with van der Waals surface area (Å²) in [6, 6.07) is 9.46. The smallest absolute Gasteiger partial charge is 0.289 e. The third-order valence-electron chi connectivity index (χ3n) is 5.05. The van der Waals surface area contributed by atoms with Gasteiger partial charge in [-0.15, -0.1) is 0 Å². The summed E-state index contributed by atoms with van der Waals surface area (Å²) in [5.74, 6) is 0.390. The number of hydrogen-bond donors (Lipinski definition) is 0. The van der Waals surface area contributed by atoms with Crippen LogP contribution in [0, 0.1) is 5.82 Å². The van der Waals surface area contributed by atoms with E-state index in [1.807, 2.05) is 6.92 Å². The average molecular weight is 413 g/mol. The Morgan fingerprint density at radius 3 is 2.63 bits per heavy atom. The molecule has 0 unspecified atom stereocenters. The Morgan fingerprint density at radius 1 is 1.20 bits per heavy atom. The lowest BCUT2D eigenvalue weighted by molar-refractivity contribution is 0.0710. The molecular formula is C22H24FN3O4. The van der Waals surface area contributed by atoms with Crippen molar-refractivity contribution in [3.8, 4) is 11.3 Å². The van der Waals surface area contributed by atoms with Gasteiger partial charge < -0.3 is 23.5 Å². The van der Waals surface area contributed by atoms with Gasteiger partial charge in [-0.2, -0.15) is 0 Å². The van der Waals surface area contributed by atoms with Crippen molar-refractivity contribution < 1.29 is 22.9 Å². The molecule has 0 bridgehead atoms. The first kappa shape index (κ1) is 20.2. The van der Waals surface area contributed by atoms with Crippen LogP contribution >= 0.6 is 0 Å². The molecule has 0 radical (unpaired) electrons. The van der Waals surface area contributed by atoms with E-state index in [4.69, 9.17) is 13.7 Å². The number of benzene rings is 1. The van der Waals surface area contributed by atoms with Crippen LogP contribution in [0.25, 0.3) is 11.3 Å². The molecule has 7 nitrogen and oxygen atoms in total. The predicted octanol–water partition coefficient (Wildman–Crippen LogP) is 3.96. The van der Waals surface area contributed by atoms with Crippen LogP contribution in [0.15, 0.2) is 51.6 Å². The van der Waals surface area contributed by atoms with Gasteiger partial charge in [-0.05, 0) is 42.8 Å². The highest BCUT2D eigenvalue weighted by Crippen LogP contribution is 2.33. The molecule has 2 aromatic heterocycles. The van der Waals surface area contributed by atoms with Gasteiger partial charge in [0, 0.05) is 25.2 Å². The molecule has 3 aromatic rings. The van der Waals surface area contributed by atoms with Crippen molar-refractivity contribution in [3.63, 3.8) is 0 Å². The number of halogens is 1. The van der Waals surface area contributed by atoms with Gasteiger partial charge >= 0.3 is 0 Å². The van der Waals surface area contributed by atoms with Crippen molar-refractivity contribution >= 4 is 11.8 Å². The minimum atomic E-state index is -0.321. The minimum absolute atomic E-state index is 0.193. The van der Waals surface area contributed by atoms with E-state index >= 15 is 0 Å². The average Bonchev–Trinajstić information content (AvgIpc) is 3.45. The molecule has 1 fully saturated rings. The molecule has 4 rings (SSSR count). The fourth-order valence-electron chi connectivity index (χ4n) is 3.56. The van der Waals surface area contributed by atoms with Gasteiger partial charge in [0.2, 0.25) is 5.88 Å². The quantitative estimate of drug-likeness (QED) is 0.584. The molecule has 1 saturated heterocycles. The van der Waals surface area contributed by atoms with Crippen molar-refractivity contribution in [1.29, 1.82) is 0 Å². The maximum absolute atomic E-state index is 13.4. The second-order valence-electron chi connectivity index (χ2n) is 7.13. The standard InChI is InChI=1S/C22H24FN3O4/c1-2-9-26(21(27)19-4-3-12-29-19)15-18-20(16-5-7-17(23)8-6-16)24-30-22(18)25-10-13-28-14-11-25/h3-8,12H,2,9-11,13-15H2,1H3. The Bertz CT molecular complexity index is 963. The normalized spacial score (nSPS) is 14.1. The zero-order valence-corrected chi connectivity index (χ0v) is 16.8. The second kappa shape index (κ2) is 9.13. The molecule has 1 aliphatic rings. The summed E-state index contributed by atoms with van der Waals surface area (Å²) in [5, 5.41) is 4.29. The number of furan rings is 1. The van der Waals surface area contributed by atoms with Crippen LogP contribution in [0.5, 0.6) is 0 Å². The van der Waals surface area contributed by atoms with Crippen molar-refractivity contribution in [2.75, 3.05) is 37.7 Å². The van der Waals surface area contributed by atoms with Crippen LogP contribution in [0.2, 0.25) is 0 Å². The van der Waals surface area contributed by atoms with Crippen molar-refractivity contribution in [3.05, 3.63) is 59.8 Å². The van der Waals surface area contributed by atoms with Gasteiger partial charge in [-0.1, -0.05) is 12.1 Å². The first-order valence-corrected chi connectivity index (χ1v) is 10.1. The Labute approximate surface area is 174 Å². The highest BCUT2D eigenvalue weighted by molar-refractivity contribution is 5.91. The lowest BCUT2D eigenvalue weighted by atomic mass is 10.1. The molecule has 0 N–H and O–H groups in total. The number of ether oxygens (including phenoxy) is 1. The fourth-order valence-corrected chi connectivity index (χ4v) is 3.56. The molecule has 0 spiro atoms. The molecule has 8 heteroatoms. The number of morpholine rings is 1. The zero-order valence-electron chi connectivity index (χ0n) is 16.8. The molecule has 0 aliphatic carbocycles. The minimum Gasteiger partial charge on any atom is -0.459 e. The van der Waals surface area contributed by atoms with Crippen molar-refractivity contribution in [2.45, 2.75) is 19.9 Å². The first-order valence-electron chi connectivity index (χ1n) is 10.1. The Kier molecular flexibility index (Phi) is 6.13. The summed E-state index contributed by atoms with van der Waals surface area (Å²) in [5.41, 5.74) is 2.12. The number of hydrogen-bond acceptors (Lipinski definition) is 6. The van der Waals surface area contributed by atoms with Gasteiger partial charge in [0.15, 0.2) is 5.76 Å². The van der Waals surface area contributed by atoms with Crippen LogP contribution in [0.1, 0.15) is 29.5 Å². The van der Waals surface area contributed by atoms with Gasteiger partial charge in [0.25, 0.3) is 5.91 Å². The Morgan fingerprint density at radius 2 is 1.97 bits per heavy atom. The summed E-state index contributed by atoms with van der Waals surface area (Å²) in [6.07, 6.45) is 2.27. The predicted molar refractivity (Wildman–Crippen MR) is 109 cm³/mol. The number of amides is 1. The van der Waals surface area contributed by atoms with E-state index < -0.39 is 0 Å². The van der Waals surface area contributed by atoms with Crippen molar-refractivity contribution in [1.82, 2.24) is 10.1 Å². The monoisotopic (exact) mass is 413 g/mol. The number of nitrogens with zero attached hydrogens (tertiary/aromatic N) is 3. The molecule has 158 valence electrons. The van der Waals surface area contributed by atoms with E-state index in [1.165, 1.54) is 18.4 Å². The fraction of sp³-hybridized carbons (Fsp3) is 0.364.